The number of benzene rings is 3. The number of amides is 1. The van der Waals surface area contributed by atoms with Gasteiger partial charge in [0.05, 0.1) is 7.89 Å². The van der Waals surface area contributed by atoms with Gasteiger partial charge in [-0.1, -0.05) is 87.6 Å². The zero-order chi connectivity index (χ0) is 26.6. The van der Waals surface area contributed by atoms with Crippen LogP contribution in [0.25, 0.3) is 11.1 Å². The smallest absolute Gasteiger partial charge is 0.230 e. The first-order valence-corrected chi connectivity index (χ1v) is 14.2. The van der Waals surface area contributed by atoms with Crippen LogP contribution in [0.2, 0.25) is 0 Å². The summed E-state index contributed by atoms with van der Waals surface area (Å²) in [5.41, 5.74) is 6.48. The van der Waals surface area contributed by atoms with E-state index >= 15 is 0 Å². The molecule has 2 saturated carbocycles. The lowest BCUT2D eigenvalue weighted by Crippen LogP contribution is -2.36. The molecule has 0 aromatic heterocycles. The van der Waals surface area contributed by atoms with Gasteiger partial charge < -0.3 is 9.80 Å². The minimum absolute atomic E-state index is 0.0140. The summed E-state index contributed by atoms with van der Waals surface area (Å²) in [6, 6.07) is 25.3. The number of rotatable bonds is 7. The molecule has 2 unspecified atom stereocenters. The maximum atomic E-state index is 14.0. The number of hydrogen-bond acceptors (Lipinski definition) is 2. The summed E-state index contributed by atoms with van der Waals surface area (Å²) in [6.07, 6.45) is 9.04. The molecule has 0 bridgehead atoms. The molecule has 5 rings (SSSR count). The topological polar surface area (TPSA) is 23.6 Å². The van der Waals surface area contributed by atoms with Gasteiger partial charge in [0.25, 0.3) is 0 Å². The van der Waals surface area contributed by atoms with E-state index in [1.165, 1.54) is 36.9 Å². The van der Waals surface area contributed by atoms with Gasteiger partial charge in [0.15, 0.2) is 0 Å². The van der Waals surface area contributed by atoms with E-state index in [9.17, 15) is 6.17 Å². The van der Waals surface area contributed by atoms with E-state index in [1.54, 1.807) is 4.90 Å². The summed E-state index contributed by atoms with van der Waals surface area (Å²) < 4.78 is 9.33. The van der Waals surface area contributed by atoms with Gasteiger partial charge in [-0.15, -0.1) is 0 Å². The highest BCUT2D eigenvalue weighted by Gasteiger charge is 2.29. The van der Waals surface area contributed by atoms with E-state index < -0.39 is 6.52 Å². The van der Waals surface area contributed by atoms with E-state index in [1.807, 2.05) is 32.3 Å². The van der Waals surface area contributed by atoms with E-state index in [4.69, 9.17) is 0 Å². The Morgan fingerprint density at radius 2 is 1.49 bits per heavy atom. The highest BCUT2D eigenvalue weighted by molar-refractivity contribution is 5.95. The second-order valence-corrected chi connectivity index (χ2v) is 11.3. The average molecular weight is 496 g/mol. The van der Waals surface area contributed by atoms with Gasteiger partial charge in [-0.05, 0) is 77.6 Å². The van der Waals surface area contributed by atoms with Crippen LogP contribution in [0.5, 0.6) is 0 Å². The van der Waals surface area contributed by atoms with Gasteiger partial charge in [-0.2, -0.15) is 0 Å². The quantitative estimate of drug-likeness (QED) is 0.328. The first-order chi connectivity index (χ1) is 18.4. The van der Waals surface area contributed by atoms with Crippen LogP contribution >= 0.6 is 0 Å². The monoisotopic (exact) mass is 495 g/mol. The van der Waals surface area contributed by atoms with Crippen LogP contribution in [0.3, 0.4) is 0 Å². The maximum Gasteiger partial charge on any atom is 0.230 e. The SMILES string of the molecule is [2H][C@H](c1ccc(-c2ccc(N(C)C)cc2)cc1)N(C(=O)C1CCCCC1)c1cccc(C2CCCC2C)c1. The molecule has 0 saturated heterocycles. The van der Waals surface area contributed by atoms with Gasteiger partial charge >= 0.3 is 0 Å². The highest BCUT2D eigenvalue weighted by atomic mass is 16.2. The fourth-order valence-electron chi connectivity index (χ4n) is 6.22. The van der Waals surface area contributed by atoms with Gasteiger partial charge in [0.2, 0.25) is 5.91 Å². The largest absolute Gasteiger partial charge is 0.378 e. The molecule has 3 aromatic rings. The third-order valence-corrected chi connectivity index (χ3v) is 8.54. The summed E-state index contributed by atoms with van der Waals surface area (Å²) in [5.74, 6) is 1.34. The van der Waals surface area contributed by atoms with Crippen molar-refractivity contribution in [2.75, 3.05) is 23.9 Å². The Labute approximate surface area is 224 Å². The molecular formula is C34H42N2O. The average Bonchev–Trinajstić information content (AvgIpc) is 3.39. The van der Waals surface area contributed by atoms with Crippen molar-refractivity contribution in [2.24, 2.45) is 11.8 Å². The molecule has 0 spiro atoms. The van der Waals surface area contributed by atoms with Crippen LogP contribution in [-0.2, 0) is 11.3 Å². The maximum absolute atomic E-state index is 14.0. The number of hydrogen-bond donors (Lipinski definition) is 0. The Balaban J connectivity index is 1.44. The van der Waals surface area contributed by atoms with Gasteiger partial charge in [0.1, 0.15) is 0 Å². The van der Waals surface area contributed by atoms with Crippen molar-refractivity contribution in [3.8, 4) is 11.1 Å². The third-order valence-electron chi connectivity index (χ3n) is 8.54. The minimum atomic E-state index is -0.772. The van der Waals surface area contributed by atoms with Crippen LogP contribution in [0.4, 0.5) is 11.4 Å². The van der Waals surface area contributed by atoms with Crippen LogP contribution in [0, 0.1) is 11.8 Å². The highest BCUT2D eigenvalue weighted by Crippen LogP contribution is 2.40. The Hall–Kier alpha value is -3.07. The molecule has 2 aliphatic carbocycles. The zero-order valence-electron chi connectivity index (χ0n) is 23.7. The molecule has 1 amide bonds. The molecule has 194 valence electrons. The molecule has 2 aliphatic rings. The Morgan fingerprint density at radius 3 is 2.11 bits per heavy atom. The number of nitrogens with zero attached hydrogens (tertiary/aromatic N) is 2. The number of anilines is 2. The van der Waals surface area contributed by atoms with E-state index in [0.29, 0.717) is 11.8 Å². The second-order valence-electron chi connectivity index (χ2n) is 11.3. The van der Waals surface area contributed by atoms with Crippen molar-refractivity contribution < 1.29 is 6.17 Å². The lowest BCUT2D eigenvalue weighted by Gasteiger charge is -2.30. The lowest BCUT2D eigenvalue weighted by molar-refractivity contribution is -0.123. The molecule has 0 radical (unpaired) electrons. The summed E-state index contributed by atoms with van der Waals surface area (Å²) in [7, 11) is 4.09. The number of carbonyl (C=O) groups excluding carboxylic acids is 1. The summed E-state index contributed by atoms with van der Waals surface area (Å²) in [4.78, 5) is 17.9. The first kappa shape index (κ1) is 24.3. The summed E-state index contributed by atoms with van der Waals surface area (Å²) in [6.45, 7) is 1.57. The van der Waals surface area contributed by atoms with Crippen LogP contribution in [-0.4, -0.2) is 20.0 Å². The molecular weight excluding hydrogens is 452 g/mol. The normalized spacial score (nSPS) is 21.3. The Kier molecular flexibility index (Phi) is 7.57. The van der Waals surface area contributed by atoms with Crippen LogP contribution < -0.4 is 9.80 Å². The summed E-state index contributed by atoms with van der Waals surface area (Å²) >= 11 is 0. The van der Waals surface area contributed by atoms with Crippen molar-refractivity contribution in [1.82, 2.24) is 0 Å². The lowest BCUT2D eigenvalue weighted by atomic mass is 9.87. The molecule has 0 heterocycles. The van der Waals surface area contributed by atoms with Crippen molar-refractivity contribution in [3.63, 3.8) is 0 Å². The molecule has 3 heteroatoms. The fraction of sp³-hybridized carbons (Fsp3) is 0.441. The Bertz CT molecular complexity index is 1210. The number of carbonyl (C=O) groups is 1. The molecule has 0 aliphatic heterocycles. The predicted molar refractivity (Wildman–Crippen MR) is 156 cm³/mol. The summed E-state index contributed by atoms with van der Waals surface area (Å²) in [5, 5.41) is 0. The molecule has 3 nitrogen and oxygen atoms in total. The molecule has 0 N–H and O–H groups in total. The molecule has 3 aromatic carbocycles. The van der Waals surface area contributed by atoms with Crippen molar-refractivity contribution in [3.05, 3.63) is 83.9 Å². The minimum Gasteiger partial charge on any atom is -0.378 e. The molecule has 3 atom stereocenters. The van der Waals surface area contributed by atoms with E-state index in [0.717, 1.165) is 48.1 Å². The molecule has 37 heavy (non-hydrogen) atoms. The van der Waals surface area contributed by atoms with E-state index in [-0.39, 0.29) is 11.8 Å². The standard InChI is InChI=1S/C34H42N2O/c1-25-9-7-14-33(25)30-12-8-13-32(23-30)36(34(37)29-10-5-4-6-11-29)24-26-15-17-27(18-16-26)28-19-21-31(22-20-28)35(2)3/h8,12-13,15-23,25,29,33H,4-7,9-11,14,24H2,1-3H3/i24D/t24-,25?,33?/m1/s1. The third kappa shape index (κ3) is 5.92. The molecule has 2 fully saturated rings. The van der Waals surface area contributed by atoms with Gasteiger partial charge in [-0.25, -0.2) is 0 Å². The zero-order valence-corrected chi connectivity index (χ0v) is 22.7. The van der Waals surface area contributed by atoms with Crippen molar-refractivity contribution in [1.29, 1.82) is 0 Å². The van der Waals surface area contributed by atoms with Crippen molar-refractivity contribution >= 4 is 17.3 Å². The van der Waals surface area contributed by atoms with Crippen LogP contribution in [0.1, 0.15) is 76.7 Å². The van der Waals surface area contributed by atoms with Crippen LogP contribution in [0.15, 0.2) is 72.8 Å². The van der Waals surface area contributed by atoms with Crippen molar-refractivity contribution in [2.45, 2.75) is 70.7 Å². The predicted octanol–water partition coefficient (Wildman–Crippen LogP) is 8.44. The second kappa shape index (κ2) is 11.5. The fourth-order valence-corrected chi connectivity index (χ4v) is 6.22. The Morgan fingerprint density at radius 1 is 0.811 bits per heavy atom. The van der Waals surface area contributed by atoms with E-state index in [2.05, 4.69) is 66.4 Å². The first-order valence-electron chi connectivity index (χ1n) is 14.7. The van der Waals surface area contributed by atoms with Gasteiger partial charge in [0, 0.05) is 31.4 Å². The van der Waals surface area contributed by atoms with Gasteiger partial charge in [-0.3, -0.25) is 4.79 Å².